The molecule has 0 radical (unpaired) electrons. The summed E-state index contributed by atoms with van der Waals surface area (Å²) >= 11 is 5.99. The number of carbonyl (C=O) groups is 1. The van der Waals surface area contributed by atoms with E-state index in [0.29, 0.717) is 23.7 Å². The molecule has 0 atom stereocenters. The zero-order chi connectivity index (χ0) is 12.8. The maximum absolute atomic E-state index is 11.4. The van der Waals surface area contributed by atoms with Crippen LogP contribution in [0, 0.1) is 0 Å². The number of rotatable bonds is 5. The zero-order valence-electron chi connectivity index (χ0n) is 10.1. The van der Waals surface area contributed by atoms with Gasteiger partial charge in [0, 0.05) is 24.7 Å². The van der Waals surface area contributed by atoms with Crippen LogP contribution in [0.3, 0.4) is 0 Å². The normalized spacial score (nSPS) is 10.4. The molecule has 0 aliphatic carbocycles. The third-order valence-electron chi connectivity index (χ3n) is 2.11. The Bertz CT molecular complexity index is 393. The van der Waals surface area contributed by atoms with E-state index < -0.39 is 0 Å². The Hall–Kier alpha value is -1.42. The number of nitrogens with one attached hydrogen (secondary N) is 2. The molecule has 5 heteroatoms. The molecule has 0 heterocycles. The van der Waals surface area contributed by atoms with Gasteiger partial charge < -0.3 is 16.4 Å². The van der Waals surface area contributed by atoms with Gasteiger partial charge in [-0.25, -0.2) is 0 Å². The summed E-state index contributed by atoms with van der Waals surface area (Å²) in [5.41, 5.74) is 7.00. The van der Waals surface area contributed by atoms with E-state index in [1.807, 2.05) is 13.8 Å². The number of nitrogens with two attached hydrogens (primary N) is 1. The molecule has 1 aromatic rings. The molecule has 17 heavy (non-hydrogen) atoms. The second kappa shape index (κ2) is 6.35. The SMILES string of the molecule is CC(C)NC(=O)CCNc1ccc(N)cc1Cl. The van der Waals surface area contributed by atoms with Crippen molar-refractivity contribution in [2.24, 2.45) is 0 Å². The van der Waals surface area contributed by atoms with Crippen molar-refractivity contribution in [2.45, 2.75) is 26.3 Å². The third-order valence-corrected chi connectivity index (χ3v) is 2.42. The van der Waals surface area contributed by atoms with E-state index in [1.165, 1.54) is 0 Å². The average Bonchev–Trinajstić information content (AvgIpc) is 2.20. The van der Waals surface area contributed by atoms with Gasteiger partial charge in [0.2, 0.25) is 5.91 Å². The van der Waals surface area contributed by atoms with Gasteiger partial charge in [0.25, 0.3) is 0 Å². The predicted molar refractivity (Wildman–Crippen MR) is 72.2 cm³/mol. The van der Waals surface area contributed by atoms with Crippen molar-refractivity contribution >= 4 is 28.9 Å². The number of anilines is 2. The minimum absolute atomic E-state index is 0.0269. The first-order valence-electron chi connectivity index (χ1n) is 5.57. The van der Waals surface area contributed by atoms with E-state index in [4.69, 9.17) is 17.3 Å². The molecule has 0 aliphatic heterocycles. The Labute approximate surface area is 107 Å². The second-order valence-corrected chi connectivity index (χ2v) is 4.55. The highest BCUT2D eigenvalue weighted by molar-refractivity contribution is 6.33. The first kappa shape index (κ1) is 13.6. The van der Waals surface area contributed by atoms with E-state index in [-0.39, 0.29) is 11.9 Å². The average molecular weight is 256 g/mol. The highest BCUT2D eigenvalue weighted by Gasteiger charge is 2.04. The molecule has 0 saturated carbocycles. The summed E-state index contributed by atoms with van der Waals surface area (Å²) in [6.07, 6.45) is 0.416. The highest BCUT2D eigenvalue weighted by Crippen LogP contribution is 2.23. The minimum atomic E-state index is 0.0269. The van der Waals surface area contributed by atoms with Crippen LogP contribution in [-0.4, -0.2) is 18.5 Å². The molecule has 4 N–H and O–H groups in total. The molecule has 0 bridgehead atoms. The fraction of sp³-hybridized carbons (Fsp3) is 0.417. The summed E-state index contributed by atoms with van der Waals surface area (Å²) in [7, 11) is 0. The summed E-state index contributed by atoms with van der Waals surface area (Å²) in [5.74, 6) is 0.0269. The van der Waals surface area contributed by atoms with Gasteiger partial charge >= 0.3 is 0 Å². The Balaban J connectivity index is 2.38. The van der Waals surface area contributed by atoms with Gasteiger partial charge in [-0.15, -0.1) is 0 Å². The topological polar surface area (TPSA) is 67.2 Å². The Morgan fingerprint density at radius 2 is 2.18 bits per heavy atom. The smallest absolute Gasteiger partial charge is 0.221 e. The number of carbonyl (C=O) groups excluding carboxylic acids is 1. The molecule has 0 fully saturated rings. The van der Waals surface area contributed by atoms with Gasteiger partial charge in [-0.3, -0.25) is 4.79 Å². The Morgan fingerprint density at radius 1 is 1.47 bits per heavy atom. The van der Waals surface area contributed by atoms with Gasteiger partial charge in [0.1, 0.15) is 0 Å². The van der Waals surface area contributed by atoms with Crippen LogP contribution in [0.25, 0.3) is 0 Å². The van der Waals surface area contributed by atoms with E-state index in [9.17, 15) is 4.79 Å². The van der Waals surface area contributed by atoms with Crippen LogP contribution < -0.4 is 16.4 Å². The van der Waals surface area contributed by atoms with Gasteiger partial charge in [-0.2, -0.15) is 0 Å². The summed E-state index contributed by atoms with van der Waals surface area (Å²) in [6, 6.07) is 5.42. The number of halogens is 1. The summed E-state index contributed by atoms with van der Waals surface area (Å²) < 4.78 is 0. The molecule has 0 spiro atoms. The molecule has 0 aliphatic rings. The summed E-state index contributed by atoms with van der Waals surface area (Å²) in [5, 5.41) is 6.48. The van der Waals surface area contributed by atoms with Gasteiger partial charge in [-0.05, 0) is 32.0 Å². The van der Waals surface area contributed by atoms with Gasteiger partial charge in [0.05, 0.1) is 10.7 Å². The van der Waals surface area contributed by atoms with Gasteiger partial charge in [0.15, 0.2) is 0 Å². The number of hydrogen-bond acceptors (Lipinski definition) is 3. The maximum Gasteiger partial charge on any atom is 0.221 e. The molecule has 0 aromatic heterocycles. The van der Waals surface area contributed by atoms with E-state index >= 15 is 0 Å². The van der Waals surface area contributed by atoms with Crippen LogP contribution in [-0.2, 0) is 4.79 Å². The minimum Gasteiger partial charge on any atom is -0.399 e. The van der Waals surface area contributed by atoms with Crippen LogP contribution in [0.5, 0.6) is 0 Å². The lowest BCUT2D eigenvalue weighted by molar-refractivity contribution is -0.121. The van der Waals surface area contributed by atoms with E-state index in [2.05, 4.69) is 10.6 Å². The number of nitrogen functional groups attached to an aromatic ring is 1. The Morgan fingerprint density at radius 3 is 2.76 bits per heavy atom. The molecular weight excluding hydrogens is 238 g/mol. The maximum atomic E-state index is 11.4. The first-order valence-corrected chi connectivity index (χ1v) is 5.95. The van der Waals surface area contributed by atoms with Crippen molar-refractivity contribution in [1.82, 2.24) is 5.32 Å². The fourth-order valence-corrected chi connectivity index (χ4v) is 1.64. The number of benzene rings is 1. The molecule has 1 rings (SSSR count). The second-order valence-electron chi connectivity index (χ2n) is 4.14. The lowest BCUT2D eigenvalue weighted by Crippen LogP contribution is -2.31. The van der Waals surface area contributed by atoms with Gasteiger partial charge in [-0.1, -0.05) is 11.6 Å². The first-order chi connectivity index (χ1) is 7.99. The molecule has 0 unspecified atom stereocenters. The van der Waals surface area contributed by atoms with E-state index in [1.54, 1.807) is 18.2 Å². The lowest BCUT2D eigenvalue weighted by Gasteiger charge is -2.10. The highest BCUT2D eigenvalue weighted by atomic mass is 35.5. The standard InChI is InChI=1S/C12H18ClN3O/c1-8(2)16-12(17)5-6-15-11-4-3-9(14)7-10(11)13/h3-4,7-8,15H,5-6,14H2,1-2H3,(H,16,17). The molecule has 1 aromatic carbocycles. The monoisotopic (exact) mass is 255 g/mol. The fourth-order valence-electron chi connectivity index (χ4n) is 1.38. The molecule has 4 nitrogen and oxygen atoms in total. The molecule has 0 saturated heterocycles. The molecular formula is C12H18ClN3O. The quantitative estimate of drug-likeness (QED) is 0.707. The van der Waals surface area contributed by atoms with Crippen LogP contribution in [0.4, 0.5) is 11.4 Å². The molecule has 1 amide bonds. The third kappa shape index (κ3) is 4.95. The number of amides is 1. The molecule has 94 valence electrons. The largest absolute Gasteiger partial charge is 0.399 e. The zero-order valence-corrected chi connectivity index (χ0v) is 10.8. The van der Waals surface area contributed by atoms with Crippen molar-refractivity contribution < 1.29 is 4.79 Å². The number of hydrogen-bond donors (Lipinski definition) is 3. The van der Waals surface area contributed by atoms with Crippen molar-refractivity contribution in [1.29, 1.82) is 0 Å². The van der Waals surface area contributed by atoms with Crippen LogP contribution in [0.1, 0.15) is 20.3 Å². The van der Waals surface area contributed by atoms with Crippen molar-refractivity contribution in [3.63, 3.8) is 0 Å². The van der Waals surface area contributed by atoms with Crippen LogP contribution >= 0.6 is 11.6 Å². The summed E-state index contributed by atoms with van der Waals surface area (Å²) in [6.45, 7) is 4.41. The van der Waals surface area contributed by atoms with Crippen molar-refractivity contribution in [2.75, 3.05) is 17.6 Å². The summed E-state index contributed by atoms with van der Waals surface area (Å²) in [4.78, 5) is 11.4. The lowest BCUT2D eigenvalue weighted by atomic mass is 10.2. The Kier molecular flexibility index (Phi) is 5.10. The van der Waals surface area contributed by atoms with E-state index in [0.717, 1.165) is 5.69 Å². The van der Waals surface area contributed by atoms with Crippen LogP contribution in [0.15, 0.2) is 18.2 Å². The van der Waals surface area contributed by atoms with Crippen molar-refractivity contribution in [3.05, 3.63) is 23.2 Å². The predicted octanol–water partition coefficient (Wildman–Crippen LogP) is 2.25. The van der Waals surface area contributed by atoms with Crippen LogP contribution in [0.2, 0.25) is 5.02 Å². The van der Waals surface area contributed by atoms with Crippen molar-refractivity contribution in [3.8, 4) is 0 Å².